The molecular weight excluding hydrogens is 314 g/mol. The maximum Gasteiger partial charge on any atom is 0.352 e. The highest BCUT2D eigenvalue weighted by Gasteiger charge is 2.28. The van der Waals surface area contributed by atoms with E-state index in [1.165, 1.54) is 30.3 Å². The van der Waals surface area contributed by atoms with E-state index >= 15 is 0 Å². The average molecular weight is 339 g/mol. The molecule has 2 aromatic rings. The summed E-state index contributed by atoms with van der Waals surface area (Å²) in [6, 6.07) is 9.23. The molecule has 25 heavy (non-hydrogen) atoms. The Bertz CT molecular complexity index is 821. The lowest BCUT2D eigenvalue weighted by Crippen LogP contribution is -2.35. The number of nitrogens with zero attached hydrogens (tertiary/aromatic N) is 3. The topological polar surface area (TPSA) is 48.9 Å². The van der Waals surface area contributed by atoms with E-state index in [-0.39, 0.29) is 23.5 Å². The first-order valence-corrected chi connectivity index (χ1v) is 9.47. The summed E-state index contributed by atoms with van der Waals surface area (Å²) in [7, 11) is 0. The Hall–Kier alpha value is -2.30. The molecule has 1 aromatic carbocycles. The van der Waals surface area contributed by atoms with Crippen molar-refractivity contribution in [2.75, 3.05) is 0 Å². The van der Waals surface area contributed by atoms with Crippen LogP contribution >= 0.6 is 0 Å². The summed E-state index contributed by atoms with van der Waals surface area (Å²) in [6.45, 7) is 0. The van der Waals surface area contributed by atoms with E-state index in [1.807, 2.05) is 30.3 Å². The third kappa shape index (κ3) is 2.92. The Morgan fingerprint density at radius 1 is 0.680 bits per heavy atom. The van der Waals surface area contributed by atoms with Gasteiger partial charge < -0.3 is 0 Å². The number of aromatic nitrogens is 3. The second-order valence-electron chi connectivity index (χ2n) is 7.14. The molecule has 1 aromatic heterocycles. The molecule has 5 heteroatoms. The summed E-state index contributed by atoms with van der Waals surface area (Å²) in [5.41, 5.74) is 0.217. The van der Waals surface area contributed by atoms with Crippen molar-refractivity contribution in [1.82, 2.24) is 13.9 Å². The summed E-state index contributed by atoms with van der Waals surface area (Å²) >= 11 is 0. The van der Waals surface area contributed by atoms with E-state index in [2.05, 4.69) is 12.2 Å². The fourth-order valence-corrected chi connectivity index (χ4v) is 4.14. The van der Waals surface area contributed by atoms with Gasteiger partial charge in [-0.15, -0.1) is 0 Å². The molecular formula is C20H25N3O2. The van der Waals surface area contributed by atoms with Crippen LogP contribution in [0.5, 0.6) is 0 Å². The van der Waals surface area contributed by atoms with Gasteiger partial charge in [-0.2, -0.15) is 0 Å². The van der Waals surface area contributed by atoms with Gasteiger partial charge in [0.1, 0.15) is 0 Å². The van der Waals surface area contributed by atoms with Gasteiger partial charge in [-0.05, 0) is 25.0 Å². The first kappa shape index (κ1) is 16.2. The van der Waals surface area contributed by atoms with Crippen molar-refractivity contribution < 1.29 is 0 Å². The zero-order valence-corrected chi connectivity index (χ0v) is 14.5. The number of rotatable bonds is 1. The third-order valence-electron chi connectivity index (χ3n) is 5.45. The molecule has 0 spiro atoms. The standard InChI is InChI=1S/C20H25N3O2/c24-19-21(16-10-8-5-9-11-16)20(25)23-18-13-7-4-2-1-3-6-12-17(14-15-18)22(19)23/h5,8-11,14-15,17-18H,1-4,6-7,12-13H2/t17-,18-/m1/s1. The van der Waals surface area contributed by atoms with E-state index in [9.17, 15) is 9.59 Å². The first-order chi connectivity index (χ1) is 12.3. The van der Waals surface area contributed by atoms with Crippen molar-refractivity contribution in [1.29, 1.82) is 0 Å². The molecule has 0 unspecified atom stereocenters. The minimum atomic E-state index is -0.215. The molecule has 0 saturated heterocycles. The predicted octanol–water partition coefficient (Wildman–Crippen LogP) is 3.59. The Labute approximate surface area is 147 Å². The Morgan fingerprint density at radius 3 is 1.68 bits per heavy atom. The van der Waals surface area contributed by atoms with Gasteiger partial charge in [-0.3, -0.25) is 0 Å². The van der Waals surface area contributed by atoms with Crippen LogP contribution in [0.25, 0.3) is 5.69 Å². The highest BCUT2D eigenvalue weighted by atomic mass is 16.2. The van der Waals surface area contributed by atoms with Gasteiger partial charge in [-0.1, -0.05) is 68.9 Å². The molecule has 2 heterocycles. The molecule has 2 atom stereocenters. The summed E-state index contributed by atoms with van der Waals surface area (Å²) in [4.78, 5) is 26.2. The van der Waals surface area contributed by atoms with Crippen molar-refractivity contribution in [2.45, 2.75) is 63.5 Å². The molecule has 1 aliphatic heterocycles. The Kier molecular flexibility index (Phi) is 4.47. The van der Waals surface area contributed by atoms with Gasteiger partial charge in [0.15, 0.2) is 0 Å². The highest BCUT2D eigenvalue weighted by molar-refractivity contribution is 5.30. The van der Waals surface area contributed by atoms with Crippen LogP contribution in [0.2, 0.25) is 0 Å². The summed E-state index contributed by atoms with van der Waals surface area (Å²) < 4.78 is 4.75. The van der Waals surface area contributed by atoms with Gasteiger partial charge in [-0.25, -0.2) is 23.5 Å². The van der Waals surface area contributed by atoms with E-state index < -0.39 is 0 Å². The van der Waals surface area contributed by atoms with Crippen LogP contribution in [0.4, 0.5) is 0 Å². The van der Waals surface area contributed by atoms with Crippen molar-refractivity contribution in [3.05, 3.63) is 63.5 Å². The molecule has 0 fully saturated rings. The largest absolute Gasteiger partial charge is 0.352 e. The maximum absolute atomic E-state index is 13.1. The summed E-state index contributed by atoms with van der Waals surface area (Å²) in [5.74, 6) is 0. The maximum atomic E-state index is 13.1. The van der Waals surface area contributed by atoms with E-state index in [4.69, 9.17) is 0 Å². The molecule has 1 aliphatic carbocycles. The first-order valence-electron chi connectivity index (χ1n) is 9.47. The lowest BCUT2D eigenvalue weighted by Gasteiger charge is -2.27. The van der Waals surface area contributed by atoms with E-state index in [0.29, 0.717) is 5.69 Å². The molecule has 0 saturated carbocycles. The number of para-hydroxylation sites is 1. The second kappa shape index (κ2) is 6.90. The third-order valence-corrected chi connectivity index (χ3v) is 5.45. The normalized spacial score (nSPS) is 23.7. The monoisotopic (exact) mass is 339 g/mol. The quantitative estimate of drug-likeness (QED) is 0.746. The number of hydrogen-bond donors (Lipinski definition) is 0. The van der Waals surface area contributed by atoms with E-state index in [0.717, 1.165) is 25.7 Å². The number of allylic oxidation sites excluding steroid dienone is 2. The lowest BCUT2D eigenvalue weighted by atomic mass is 9.99. The van der Waals surface area contributed by atoms with Crippen molar-refractivity contribution in [3.63, 3.8) is 0 Å². The van der Waals surface area contributed by atoms with E-state index in [1.54, 1.807) is 9.36 Å². The van der Waals surface area contributed by atoms with Gasteiger partial charge in [0.25, 0.3) is 0 Å². The number of hydrogen-bond acceptors (Lipinski definition) is 2. The van der Waals surface area contributed by atoms with Crippen LogP contribution < -0.4 is 11.4 Å². The molecule has 0 amide bonds. The van der Waals surface area contributed by atoms with Crippen molar-refractivity contribution >= 4 is 0 Å². The van der Waals surface area contributed by atoms with Crippen molar-refractivity contribution in [3.8, 4) is 5.69 Å². The molecule has 132 valence electrons. The smallest absolute Gasteiger partial charge is 0.245 e. The molecule has 2 bridgehead atoms. The van der Waals surface area contributed by atoms with Crippen LogP contribution in [0.3, 0.4) is 0 Å². The summed E-state index contributed by atoms with van der Waals surface area (Å²) in [6.07, 6.45) is 13.3. The minimum absolute atomic E-state index is 0.0131. The lowest BCUT2D eigenvalue weighted by molar-refractivity contribution is 0.309. The molecule has 0 N–H and O–H groups in total. The zero-order valence-electron chi connectivity index (χ0n) is 14.5. The SMILES string of the molecule is O=c1n(-c2ccccc2)c(=O)n2n1[C@H]1C=C[C@H]2CCCCCCCC1. The Balaban J connectivity index is 1.86. The predicted molar refractivity (Wildman–Crippen MR) is 98.4 cm³/mol. The fourth-order valence-electron chi connectivity index (χ4n) is 4.14. The van der Waals surface area contributed by atoms with Gasteiger partial charge in [0, 0.05) is 0 Å². The molecule has 4 rings (SSSR count). The number of fused-ring (bicyclic) bond motifs is 5. The summed E-state index contributed by atoms with van der Waals surface area (Å²) in [5, 5.41) is 0. The zero-order chi connectivity index (χ0) is 17.2. The van der Waals surface area contributed by atoms with Gasteiger partial charge >= 0.3 is 11.4 Å². The Morgan fingerprint density at radius 2 is 1.16 bits per heavy atom. The van der Waals surface area contributed by atoms with Crippen LogP contribution in [0.15, 0.2) is 52.1 Å². The van der Waals surface area contributed by atoms with Gasteiger partial charge in [0.05, 0.1) is 17.8 Å². The van der Waals surface area contributed by atoms with Crippen LogP contribution in [-0.4, -0.2) is 13.9 Å². The fraction of sp³-hybridized carbons (Fsp3) is 0.500. The second-order valence-corrected chi connectivity index (χ2v) is 7.14. The molecule has 5 nitrogen and oxygen atoms in total. The minimum Gasteiger partial charge on any atom is -0.245 e. The van der Waals surface area contributed by atoms with Crippen LogP contribution in [0.1, 0.15) is 63.5 Å². The number of benzene rings is 1. The highest BCUT2D eigenvalue weighted by Crippen LogP contribution is 2.28. The average Bonchev–Trinajstić information content (AvgIpc) is 2.88. The molecule has 2 aliphatic rings. The van der Waals surface area contributed by atoms with Crippen LogP contribution in [-0.2, 0) is 0 Å². The van der Waals surface area contributed by atoms with Crippen molar-refractivity contribution in [2.24, 2.45) is 0 Å². The van der Waals surface area contributed by atoms with Crippen LogP contribution in [0, 0.1) is 0 Å². The van der Waals surface area contributed by atoms with Gasteiger partial charge in [0.2, 0.25) is 0 Å². The molecule has 0 radical (unpaired) electrons.